The number of hydrogen-bond donors (Lipinski definition) is 2. The molecule has 0 atom stereocenters. The average Bonchev–Trinajstić information content (AvgIpc) is 2.69. The van der Waals surface area contributed by atoms with Gasteiger partial charge in [-0.1, -0.05) is 47.5 Å². The standard InChI is InChI=1S/C23H21ClN2O2/c1-16-5-4-7-18(15-16)23(28)26-20-12-10-19(11-13-20)25-22(27)14-9-17-6-2-3-8-21(17)24/h2-8,10-13,15H,9,14H2,1H3,(H,25,27)(H,26,28). The molecule has 0 aromatic heterocycles. The maximum atomic E-state index is 12.3. The van der Waals surface area contributed by atoms with Crippen molar-refractivity contribution in [3.63, 3.8) is 0 Å². The second-order valence-electron chi connectivity index (χ2n) is 6.54. The molecule has 3 aromatic carbocycles. The van der Waals surface area contributed by atoms with Gasteiger partial charge in [-0.3, -0.25) is 9.59 Å². The number of benzene rings is 3. The van der Waals surface area contributed by atoms with Gasteiger partial charge in [0.05, 0.1) is 0 Å². The first-order chi connectivity index (χ1) is 13.5. The van der Waals surface area contributed by atoms with E-state index in [1.807, 2.05) is 49.4 Å². The van der Waals surface area contributed by atoms with Gasteiger partial charge in [0, 0.05) is 28.4 Å². The van der Waals surface area contributed by atoms with Crippen LogP contribution in [0, 0.1) is 6.92 Å². The Balaban J connectivity index is 1.53. The summed E-state index contributed by atoms with van der Waals surface area (Å²) in [5.74, 6) is -0.253. The third-order valence-corrected chi connectivity index (χ3v) is 4.65. The van der Waals surface area contributed by atoms with E-state index in [0.29, 0.717) is 34.8 Å². The molecule has 0 aliphatic carbocycles. The second-order valence-corrected chi connectivity index (χ2v) is 6.95. The van der Waals surface area contributed by atoms with Gasteiger partial charge in [0.1, 0.15) is 0 Å². The van der Waals surface area contributed by atoms with E-state index < -0.39 is 0 Å². The predicted molar refractivity (Wildman–Crippen MR) is 114 cm³/mol. The largest absolute Gasteiger partial charge is 0.326 e. The van der Waals surface area contributed by atoms with Crippen molar-refractivity contribution in [1.29, 1.82) is 0 Å². The third kappa shape index (κ3) is 5.44. The van der Waals surface area contributed by atoms with Crippen LogP contribution in [-0.4, -0.2) is 11.8 Å². The lowest BCUT2D eigenvalue weighted by Crippen LogP contribution is -2.13. The summed E-state index contributed by atoms with van der Waals surface area (Å²) in [5, 5.41) is 6.38. The summed E-state index contributed by atoms with van der Waals surface area (Å²) in [5.41, 5.74) is 3.94. The molecule has 0 radical (unpaired) electrons. The lowest BCUT2D eigenvalue weighted by Gasteiger charge is -2.09. The first kappa shape index (κ1) is 19.6. The van der Waals surface area contributed by atoms with Crippen molar-refractivity contribution in [3.05, 3.63) is 94.5 Å². The monoisotopic (exact) mass is 392 g/mol. The Morgan fingerprint density at radius 1 is 0.857 bits per heavy atom. The lowest BCUT2D eigenvalue weighted by molar-refractivity contribution is -0.116. The van der Waals surface area contributed by atoms with Crippen molar-refractivity contribution < 1.29 is 9.59 Å². The molecule has 3 rings (SSSR count). The molecule has 0 heterocycles. The minimum Gasteiger partial charge on any atom is -0.326 e. The summed E-state index contributed by atoms with van der Waals surface area (Å²) in [4.78, 5) is 24.4. The minimum atomic E-state index is -0.166. The van der Waals surface area contributed by atoms with E-state index in [9.17, 15) is 9.59 Å². The fourth-order valence-electron chi connectivity index (χ4n) is 2.80. The number of aryl methyl sites for hydroxylation is 2. The van der Waals surface area contributed by atoms with E-state index in [-0.39, 0.29) is 11.8 Å². The SMILES string of the molecule is Cc1cccc(C(=O)Nc2ccc(NC(=O)CCc3ccccc3Cl)cc2)c1. The normalized spacial score (nSPS) is 10.4. The zero-order valence-corrected chi connectivity index (χ0v) is 16.3. The van der Waals surface area contributed by atoms with Gasteiger partial charge >= 0.3 is 0 Å². The molecule has 0 aliphatic rings. The molecule has 2 amide bonds. The van der Waals surface area contributed by atoms with Gasteiger partial charge in [0.2, 0.25) is 5.91 Å². The van der Waals surface area contributed by atoms with Crippen LogP contribution in [0.5, 0.6) is 0 Å². The molecule has 0 fully saturated rings. The summed E-state index contributed by atoms with van der Waals surface area (Å²) in [6.45, 7) is 1.94. The average molecular weight is 393 g/mol. The number of carbonyl (C=O) groups is 2. The molecule has 28 heavy (non-hydrogen) atoms. The zero-order chi connectivity index (χ0) is 19.9. The van der Waals surface area contributed by atoms with Crippen molar-refractivity contribution in [1.82, 2.24) is 0 Å². The van der Waals surface area contributed by atoms with Gasteiger partial charge in [-0.05, 0) is 61.4 Å². The van der Waals surface area contributed by atoms with Gasteiger partial charge < -0.3 is 10.6 Å². The highest BCUT2D eigenvalue weighted by Gasteiger charge is 2.08. The smallest absolute Gasteiger partial charge is 0.255 e. The Morgan fingerprint density at radius 2 is 1.54 bits per heavy atom. The highest BCUT2D eigenvalue weighted by Crippen LogP contribution is 2.18. The van der Waals surface area contributed by atoms with E-state index in [0.717, 1.165) is 11.1 Å². The van der Waals surface area contributed by atoms with Gasteiger partial charge in [0.15, 0.2) is 0 Å². The van der Waals surface area contributed by atoms with Crippen molar-refractivity contribution >= 4 is 34.8 Å². The van der Waals surface area contributed by atoms with Crippen LogP contribution >= 0.6 is 11.6 Å². The van der Waals surface area contributed by atoms with Gasteiger partial charge in [-0.25, -0.2) is 0 Å². The summed E-state index contributed by atoms with van der Waals surface area (Å²) < 4.78 is 0. The molecule has 0 spiro atoms. The number of halogens is 1. The first-order valence-corrected chi connectivity index (χ1v) is 9.40. The molecule has 0 bridgehead atoms. The Bertz CT molecular complexity index is 984. The van der Waals surface area contributed by atoms with E-state index >= 15 is 0 Å². The van der Waals surface area contributed by atoms with Crippen LogP contribution in [0.2, 0.25) is 5.02 Å². The summed E-state index contributed by atoms with van der Waals surface area (Å²) in [7, 11) is 0. The van der Waals surface area contributed by atoms with Crippen LogP contribution in [0.25, 0.3) is 0 Å². The lowest BCUT2D eigenvalue weighted by atomic mass is 10.1. The van der Waals surface area contributed by atoms with Crippen LogP contribution in [-0.2, 0) is 11.2 Å². The number of amides is 2. The Labute approximate surface area is 169 Å². The maximum Gasteiger partial charge on any atom is 0.255 e. The third-order valence-electron chi connectivity index (χ3n) is 4.29. The number of carbonyl (C=O) groups excluding carboxylic acids is 2. The summed E-state index contributed by atoms with van der Waals surface area (Å²) >= 11 is 6.11. The fourth-order valence-corrected chi connectivity index (χ4v) is 3.03. The Morgan fingerprint density at radius 3 is 2.21 bits per heavy atom. The summed E-state index contributed by atoms with van der Waals surface area (Å²) in [6, 6.07) is 22.0. The number of hydrogen-bond acceptors (Lipinski definition) is 2. The maximum absolute atomic E-state index is 12.3. The van der Waals surface area contributed by atoms with Crippen LogP contribution in [0.3, 0.4) is 0 Å². The van der Waals surface area contributed by atoms with Crippen LogP contribution in [0.15, 0.2) is 72.8 Å². The molecule has 0 saturated carbocycles. The Hall–Kier alpha value is -3.11. The molecular formula is C23H21ClN2O2. The van der Waals surface area contributed by atoms with E-state index in [1.54, 1.807) is 30.3 Å². The second kappa shape index (κ2) is 9.20. The molecule has 2 N–H and O–H groups in total. The van der Waals surface area contributed by atoms with Crippen molar-refractivity contribution in [2.75, 3.05) is 10.6 Å². The highest BCUT2D eigenvalue weighted by molar-refractivity contribution is 6.31. The predicted octanol–water partition coefficient (Wildman–Crippen LogP) is 5.47. The van der Waals surface area contributed by atoms with Crippen molar-refractivity contribution in [2.24, 2.45) is 0 Å². The number of anilines is 2. The molecule has 0 aliphatic heterocycles. The molecular weight excluding hydrogens is 372 g/mol. The highest BCUT2D eigenvalue weighted by atomic mass is 35.5. The number of rotatable bonds is 6. The molecule has 4 nitrogen and oxygen atoms in total. The quantitative estimate of drug-likeness (QED) is 0.584. The van der Waals surface area contributed by atoms with Crippen molar-refractivity contribution in [2.45, 2.75) is 19.8 Å². The van der Waals surface area contributed by atoms with E-state index in [4.69, 9.17) is 11.6 Å². The topological polar surface area (TPSA) is 58.2 Å². The van der Waals surface area contributed by atoms with Gasteiger partial charge in [-0.2, -0.15) is 0 Å². The minimum absolute atomic E-state index is 0.0866. The van der Waals surface area contributed by atoms with Crippen LogP contribution in [0.1, 0.15) is 27.9 Å². The zero-order valence-electron chi connectivity index (χ0n) is 15.5. The number of nitrogens with one attached hydrogen (secondary N) is 2. The molecule has 3 aromatic rings. The van der Waals surface area contributed by atoms with E-state index in [1.165, 1.54) is 0 Å². The van der Waals surface area contributed by atoms with Crippen LogP contribution in [0.4, 0.5) is 11.4 Å². The molecule has 5 heteroatoms. The van der Waals surface area contributed by atoms with Gasteiger partial charge in [-0.15, -0.1) is 0 Å². The molecule has 0 unspecified atom stereocenters. The summed E-state index contributed by atoms with van der Waals surface area (Å²) in [6.07, 6.45) is 0.922. The van der Waals surface area contributed by atoms with Crippen LogP contribution < -0.4 is 10.6 Å². The van der Waals surface area contributed by atoms with Gasteiger partial charge in [0.25, 0.3) is 5.91 Å². The molecule has 0 saturated heterocycles. The fraction of sp³-hybridized carbons (Fsp3) is 0.130. The molecule has 142 valence electrons. The first-order valence-electron chi connectivity index (χ1n) is 9.02. The van der Waals surface area contributed by atoms with Crippen molar-refractivity contribution in [3.8, 4) is 0 Å². The van der Waals surface area contributed by atoms with E-state index in [2.05, 4.69) is 10.6 Å². The Kier molecular flexibility index (Phi) is 6.45.